The lowest BCUT2D eigenvalue weighted by atomic mass is 10.1. The molecule has 114 valence electrons. The molecule has 1 N–H and O–H groups in total. The van der Waals surface area contributed by atoms with Gasteiger partial charge in [-0.05, 0) is 30.0 Å². The summed E-state index contributed by atoms with van der Waals surface area (Å²) in [5.41, 5.74) is 1.48. The van der Waals surface area contributed by atoms with Crippen molar-refractivity contribution in [1.82, 2.24) is 4.90 Å². The summed E-state index contributed by atoms with van der Waals surface area (Å²) in [5, 5.41) is 19.1. The first-order valence-corrected chi connectivity index (χ1v) is 7.60. The van der Waals surface area contributed by atoms with Crippen LogP contribution in [-0.4, -0.2) is 42.4 Å². The van der Waals surface area contributed by atoms with Crippen LogP contribution in [0.1, 0.15) is 37.5 Å². The zero-order chi connectivity index (χ0) is 15.2. The fraction of sp³-hybridized carbons (Fsp3) is 0.588. The Balaban J connectivity index is 1.80. The van der Waals surface area contributed by atoms with Crippen LogP contribution in [-0.2, 0) is 4.74 Å². The van der Waals surface area contributed by atoms with E-state index in [-0.39, 0.29) is 0 Å². The summed E-state index contributed by atoms with van der Waals surface area (Å²) in [6, 6.07) is 9.23. The second-order valence-corrected chi connectivity index (χ2v) is 6.15. The van der Waals surface area contributed by atoms with Gasteiger partial charge >= 0.3 is 0 Å². The molecule has 0 radical (unpaired) electrons. The second-order valence-electron chi connectivity index (χ2n) is 6.15. The fourth-order valence-electron chi connectivity index (χ4n) is 2.56. The van der Waals surface area contributed by atoms with E-state index in [1.807, 2.05) is 12.1 Å². The summed E-state index contributed by atoms with van der Waals surface area (Å²) in [4.78, 5) is 2.24. The van der Waals surface area contributed by atoms with E-state index in [1.54, 1.807) is 12.1 Å². The van der Waals surface area contributed by atoms with Gasteiger partial charge in [0.1, 0.15) is 0 Å². The minimum atomic E-state index is -0.512. The van der Waals surface area contributed by atoms with Gasteiger partial charge in [0.15, 0.2) is 0 Å². The summed E-state index contributed by atoms with van der Waals surface area (Å²) in [7, 11) is 0. The van der Waals surface area contributed by atoms with Gasteiger partial charge in [0.05, 0.1) is 23.8 Å². The molecule has 0 aliphatic carbocycles. The van der Waals surface area contributed by atoms with Crippen LogP contribution in [0.2, 0.25) is 0 Å². The smallest absolute Gasteiger partial charge is 0.0991 e. The Morgan fingerprint density at radius 3 is 2.71 bits per heavy atom. The second kappa shape index (κ2) is 7.56. The van der Waals surface area contributed by atoms with Gasteiger partial charge in [-0.25, -0.2) is 0 Å². The molecule has 0 aromatic heterocycles. The molecule has 1 heterocycles. The van der Waals surface area contributed by atoms with E-state index >= 15 is 0 Å². The molecule has 1 fully saturated rings. The number of β-amino-alcohol motifs (C(OH)–C–C–N with tert-alkyl or cyclic N) is 1. The molecule has 1 saturated heterocycles. The summed E-state index contributed by atoms with van der Waals surface area (Å²) < 4.78 is 5.85. The average Bonchev–Trinajstić information content (AvgIpc) is 2.92. The van der Waals surface area contributed by atoms with Crippen molar-refractivity contribution in [3.05, 3.63) is 35.4 Å². The van der Waals surface area contributed by atoms with Crippen molar-refractivity contribution in [2.45, 2.75) is 32.5 Å². The number of benzene rings is 1. The monoisotopic (exact) mass is 288 g/mol. The molecule has 2 unspecified atom stereocenters. The summed E-state index contributed by atoms with van der Waals surface area (Å²) in [5.74, 6) is 0.559. The Morgan fingerprint density at radius 1 is 1.38 bits per heavy atom. The van der Waals surface area contributed by atoms with Gasteiger partial charge in [-0.2, -0.15) is 5.26 Å². The molecule has 0 spiro atoms. The first-order chi connectivity index (χ1) is 10.1. The first-order valence-electron chi connectivity index (χ1n) is 7.60. The number of ether oxygens (including phenoxy) is 1. The SMILES string of the molecule is CC(C)COC1CCN(CC(O)c2ccc(C#N)cc2)C1. The van der Waals surface area contributed by atoms with Crippen molar-refractivity contribution < 1.29 is 9.84 Å². The zero-order valence-corrected chi connectivity index (χ0v) is 12.8. The lowest BCUT2D eigenvalue weighted by molar-refractivity contribution is 0.0373. The van der Waals surface area contributed by atoms with Crippen molar-refractivity contribution >= 4 is 0 Å². The first kappa shape index (κ1) is 16.0. The van der Waals surface area contributed by atoms with Gasteiger partial charge < -0.3 is 9.84 Å². The van der Waals surface area contributed by atoms with Gasteiger partial charge in [-0.15, -0.1) is 0 Å². The number of hydrogen-bond acceptors (Lipinski definition) is 4. The van der Waals surface area contributed by atoms with Crippen LogP contribution < -0.4 is 0 Å². The van der Waals surface area contributed by atoms with E-state index in [0.717, 1.165) is 31.7 Å². The van der Waals surface area contributed by atoms with Crippen molar-refractivity contribution in [3.63, 3.8) is 0 Å². The molecule has 4 nitrogen and oxygen atoms in total. The normalized spacial score (nSPS) is 20.6. The van der Waals surface area contributed by atoms with Crippen molar-refractivity contribution in [1.29, 1.82) is 5.26 Å². The lowest BCUT2D eigenvalue weighted by Crippen LogP contribution is -2.28. The third-order valence-corrected chi connectivity index (χ3v) is 3.75. The van der Waals surface area contributed by atoms with Crippen LogP contribution in [0.5, 0.6) is 0 Å². The number of nitrogens with zero attached hydrogens (tertiary/aromatic N) is 2. The maximum absolute atomic E-state index is 10.3. The molecule has 1 aliphatic rings. The summed E-state index contributed by atoms with van der Waals surface area (Å²) >= 11 is 0. The van der Waals surface area contributed by atoms with E-state index < -0.39 is 6.10 Å². The molecule has 1 aromatic rings. The molecule has 1 aromatic carbocycles. The topological polar surface area (TPSA) is 56.5 Å². The van der Waals surface area contributed by atoms with E-state index in [9.17, 15) is 5.11 Å². The Kier molecular flexibility index (Phi) is 5.75. The van der Waals surface area contributed by atoms with E-state index in [1.165, 1.54) is 0 Å². The van der Waals surface area contributed by atoms with Crippen LogP contribution in [0.25, 0.3) is 0 Å². The molecule has 21 heavy (non-hydrogen) atoms. The van der Waals surface area contributed by atoms with Gasteiger partial charge in [-0.1, -0.05) is 26.0 Å². The van der Waals surface area contributed by atoms with Crippen LogP contribution in [0.4, 0.5) is 0 Å². The van der Waals surface area contributed by atoms with Crippen molar-refractivity contribution in [2.75, 3.05) is 26.2 Å². The quantitative estimate of drug-likeness (QED) is 0.873. The predicted molar refractivity (Wildman–Crippen MR) is 81.8 cm³/mol. The molecular formula is C17H24N2O2. The molecule has 2 atom stereocenters. The van der Waals surface area contributed by atoms with E-state index in [0.29, 0.717) is 24.1 Å². The number of hydrogen-bond donors (Lipinski definition) is 1. The number of aliphatic hydroxyl groups is 1. The van der Waals surface area contributed by atoms with Crippen LogP contribution in [0.3, 0.4) is 0 Å². The predicted octanol–water partition coefficient (Wildman–Crippen LogP) is 2.34. The average molecular weight is 288 g/mol. The highest BCUT2D eigenvalue weighted by molar-refractivity contribution is 5.32. The highest BCUT2D eigenvalue weighted by Gasteiger charge is 2.25. The zero-order valence-electron chi connectivity index (χ0n) is 12.8. The molecule has 0 saturated carbocycles. The molecule has 4 heteroatoms. The Bertz CT molecular complexity index is 479. The van der Waals surface area contributed by atoms with Crippen LogP contribution in [0, 0.1) is 17.2 Å². The Hall–Kier alpha value is -1.41. The van der Waals surface area contributed by atoms with E-state index in [2.05, 4.69) is 24.8 Å². The Morgan fingerprint density at radius 2 is 2.10 bits per heavy atom. The van der Waals surface area contributed by atoms with Gasteiger partial charge in [-0.3, -0.25) is 4.90 Å². The summed E-state index contributed by atoms with van der Waals surface area (Å²) in [6.45, 7) is 7.59. The van der Waals surface area contributed by atoms with E-state index in [4.69, 9.17) is 10.00 Å². The van der Waals surface area contributed by atoms with Crippen molar-refractivity contribution in [2.24, 2.45) is 5.92 Å². The number of aliphatic hydroxyl groups excluding tert-OH is 1. The number of rotatable bonds is 6. The number of nitriles is 1. The van der Waals surface area contributed by atoms with Gasteiger partial charge in [0.25, 0.3) is 0 Å². The minimum Gasteiger partial charge on any atom is -0.387 e. The molecule has 0 amide bonds. The molecular weight excluding hydrogens is 264 g/mol. The standard InChI is InChI=1S/C17H24N2O2/c1-13(2)12-21-16-7-8-19(10-16)11-17(20)15-5-3-14(9-18)4-6-15/h3-6,13,16-17,20H,7-8,10-12H2,1-2H3. The highest BCUT2D eigenvalue weighted by atomic mass is 16.5. The van der Waals surface area contributed by atoms with Crippen LogP contribution in [0.15, 0.2) is 24.3 Å². The third-order valence-electron chi connectivity index (χ3n) is 3.75. The largest absolute Gasteiger partial charge is 0.387 e. The fourth-order valence-corrected chi connectivity index (χ4v) is 2.56. The maximum atomic E-state index is 10.3. The highest BCUT2D eigenvalue weighted by Crippen LogP contribution is 2.19. The van der Waals surface area contributed by atoms with Gasteiger partial charge in [0.2, 0.25) is 0 Å². The summed E-state index contributed by atoms with van der Waals surface area (Å²) in [6.07, 6.45) is 0.814. The lowest BCUT2D eigenvalue weighted by Gasteiger charge is -2.20. The van der Waals surface area contributed by atoms with Crippen LogP contribution >= 0.6 is 0 Å². The molecule has 0 bridgehead atoms. The minimum absolute atomic E-state index is 0.292. The Labute approximate surface area is 127 Å². The van der Waals surface area contributed by atoms with Gasteiger partial charge in [0, 0.05) is 26.2 Å². The third kappa shape index (κ3) is 4.82. The molecule has 2 rings (SSSR count). The number of likely N-dealkylation sites (tertiary alicyclic amines) is 1. The maximum Gasteiger partial charge on any atom is 0.0991 e. The molecule has 1 aliphatic heterocycles. The van der Waals surface area contributed by atoms with Crippen molar-refractivity contribution in [3.8, 4) is 6.07 Å².